The molecule has 1 atom stereocenters. The van der Waals surface area contributed by atoms with Gasteiger partial charge in [-0.1, -0.05) is 109 Å². The molecule has 0 saturated heterocycles. The van der Waals surface area contributed by atoms with Gasteiger partial charge in [0, 0.05) is 52.5 Å². The summed E-state index contributed by atoms with van der Waals surface area (Å²) in [6, 6.07) is 61.5. The number of allylic oxidation sites excluding steroid dienone is 2. The van der Waals surface area contributed by atoms with Crippen LogP contribution in [0, 0.1) is 0 Å². The molecule has 0 saturated carbocycles. The average molecular weight is 673 g/mol. The maximum Gasteiger partial charge on any atom is 0.178 e. The second-order valence-corrected chi connectivity index (χ2v) is 16.8. The average Bonchev–Trinajstić information content (AvgIpc) is 3.55. The van der Waals surface area contributed by atoms with Crippen LogP contribution >= 0.6 is 0 Å². The maximum atomic E-state index is 4.73. The quantitative estimate of drug-likeness (QED) is 0.164. The number of rotatable bonds is 8. The Bertz CT molecular complexity index is 2470. The number of aromatic nitrogens is 2. The Balaban J connectivity index is 1.29. The van der Waals surface area contributed by atoms with Gasteiger partial charge in [0.15, 0.2) is 8.07 Å². The van der Waals surface area contributed by atoms with Gasteiger partial charge in [-0.3, -0.25) is 4.98 Å². The lowest BCUT2D eigenvalue weighted by molar-refractivity contribution is 0.953. The van der Waals surface area contributed by atoms with Crippen molar-refractivity contribution in [3.05, 3.63) is 206 Å². The van der Waals surface area contributed by atoms with E-state index in [4.69, 9.17) is 4.98 Å². The molecule has 0 spiro atoms. The number of hydrogen-bond acceptors (Lipinski definition) is 3. The van der Waals surface area contributed by atoms with Crippen LogP contribution in [-0.2, 0) is 0 Å². The SMILES string of the molecule is C1=CNCC([Si](c2ccc(N(c3ccccc3)c3ccccc3)cc2)(c2cccnc2)c2ccc3c(c2)c2ccccc2n3-c2ccccc2)=C1. The molecule has 244 valence electrons. The molecule has 0 fully saturated rings. The van der Waals surface area contributed by atoms with Crippen LogP contribution in [0.1, 0.15) is 0 Å². The topological polar surface area (TPSA) is 33.1 Å². The third-order valence-electron chi connectivity index (χ3n) is 10.1. The van der Waals surface area contributed by atoms with Gasteiger partial charge in [0.05, 0.1) is 11.0 Å². The van der Waals surface area contributed by atoms with Crippen molar-refractivity contribution in [2.75, 3.05) is 11.4 Å². The molecule has 1 aliphatic rings. The highest BCUT2D eigenvalue weighted by atomic mass is 28.3. The second-order valence-electron chi connectivity index (χ2n) is 12.9. The zero-order valence-electron chi connectivity index (χ0n) is 28.1. The van der Waals surface area contributed by atoms with E-state index in [1.54, 1.807) is 0 Å². The third-order valence-corrected chi connectivity index (χ3v) is 14.9. The highest BCUT2D eigenvalue weighted by Crippen LogP contribution is 2.35. The number of nitrogens with zero attached hydrogens (tertiary/aromatic N) is 3. The minimum absolute atomic E-state index is 0.767. The number of fused-ring (bicyclic) bond motifs is 3. The molecule has 1 aliphatic heterocycles. The van der Waals surface area contributed by atoms with E-state index in [2.05, 4.69) is 203 Å². The summed E-state index contributed by atoms with van der Waals surface area (Å²) in [4.78, 5) is 7.06. The Kier molecular flexibility index (Phi) is 7.88. The molecule has 5 heteroatoms. The number of anilines is 3. The van der Waals surface area contributed by atoms with E-state index in [0.29, 0.717) is 0 Å². The first-order chi connectivity index (χ1) is 25.3. The van der Waals surface area contributed by atoms with Crippen LogP contribution in [0.2, 0.25) is 0 Å². The van der Waals surface area contributed by atoms with Crippen molar-refractivity contribution >= 4 is 62.5 Å². The summed E-state index contributed by atoms with van der Waals surface area (Å²) in [6.45, 7) is 0.767. The number of hydrogen-bond donors (Lipinski definition) is 1. The minimum Gasteiger partial charge on any atom is -0.387 e. The van der Waals surface area contributed by atoms with Crippen molar-refractivity contribution in [3.63, 3.8) is 0 Å². The molecule has 2 aromatic heterocycles. The van der Waals surface area contributed by atoms with Gasteiger partial charge in [0.25, 0.3) is 0 Å². The van der Waals surface area contributed by atoms with E-state index in [1.165, 1.54) is 42.6 Å². The largest absolute Gasteiger partial charge is 0.387 e. The molecule has 8 aromatic rings. The van der Waals surface area contributed by atoms with Gasteiger partial charge in [-0.05, 0) is 99.8 Å². The fourth-order valence-corrected chi connectivity index (χ4v) is 12.7. The van der Waals surface area contributed by atoms with Crippen molar-refractivity contribution in [2.45, 2.75) is 0 Å². The molecule has 6 aromatic carbocycles. The van der Waals surface area contributed by atoms with E-state index in [1.807, 2.05) is 12.4 Å². The Morgan fingerprint density at radius 2 is 1.18 bits per heavy atom. The lowest BCUT2D eigenvalue weighted by Crippen LogP contribution is -2.70. The summed E-state index contributed by atoms with van der Waals surface area (Å²) >= 11 is 0. The van der Waals surface area contributed by atoms with Crippen molar-refractivity contribution < 1.29 is 0 Å². The highest BCUT2D eigenvalue weighted by Gasteiger charge is 2.43. The Morgan fingerprint density at radius 1 is 0.549 bits per heavy atom. The van der Waals surface area contributed by atoms with Crippen LogP contribution in [0.15, 0.2) is 206 Å². The van der Waals surface area contributed by atoms with Gasteiger partial charge in [-0.2, -0.15) is 0 Å². The lowest BCUT2D eigenvalue weighted by Gasteiger charge is -2.37. The number of nitrogens with one attached hydrogen (secondary N) is 1. The van der Waals surface area contributed by atoms with Gasteiger partial charge < -0.3 is 14.8 Å². The number of dihydropyridines is 1. The molecule has 1 unspecified atom stereocenters. The van der Waals surface area contributed by atoms with E-state index in [0.717, 1.165) is 29.3 Å². The zero-order chi connectivity index (χ0) is 34.0. The zero-order valence-corrected chi connectivity index (χ0v) is 29.1. The third kappa shape index (κ3) is 5.27. The Labute approximate surface area is 299 Å². The summed E-state index contributed by atoms with van der Waals surface area (Å²) in [5.74, 6) is 0. The molecule has 9 rings (SSSR count). The number of pyridine rings is 1. The predicted molar refractivity (Wildman–Crippen MR) is 216 cm³/mol. The lowest BCUT2D eigenvalue weighted by atomic mass is 10.1. The fourth-order valence-electron chi connectivity index (χ4n) is 7.88. The summed E-state index contributed by atoms with van der Waals surface area (Å²) in [7, 11) is -2.86. The smallest absolute Gasteiger partial charge is 0.178 e. The van der Waals surface area contributed by atoms with Gasteiger partial charge in [0.2, 0.25) is 0 Å². The van der Waals surface area contributed by atoms with E-state index >= 15 is 0 Å². The molecule has 51 heavy (non-hydrogen) atoms. The Hall–Kier alpha value is -6.43. The minimum atomic E-state index is -2.86. The molecule has 0 bridgehead atoms. The second kappa shape index (κ2) is 13.1. The van der Waals surface area contributed by atoms with Gasteiger partial charge in [-0.25, -0.2) is 0 Å². The number of para-hydroxylation sites is 4. The van der Waals surface area contributed by atoms with E-state index in [-0.39, 0.29) is 0 Å². The standard InChI is InChI=1S/C46H36N4Si/c1-4-14-35(15-5-1)49(36-16-6-2-7-17-36)38-24-26-39(27-25-38)51(41-20-12-30-47-33-41,42-21-13-31-48-34-42)40-28-29-46-44(32-40)43-22-10-11-23-45(43)50(46)37-18-8-3-9-19-37/h1-33,48H,34H2. The van der Waals surface area contributed by atoms with Crippen molar-refractivity contribution in [1.82, 2.24) is 14.9 Å². The first-order valence-corrected chi connectivity index (χ1v) is 19.4. The Morgan fingerprint density at radius 3 is 1.84 bits per heavy atom. The molecular weight excluding hydrogens is 637 g/mol. The van der Waals surface area contributed by atoms with Crippen molar-refractivity contribution in [2.24, 2.45) is 0 Å². The van der Waals surface area contributed by atoms with Crippen molar-refractivity contribution in [1.29, 1.82) is 0 Å². The molecule has 0 aliphatic carbocycles. The van der Waals surface area contributed by atoms with Gasteiger partial charge in [-0.15, -0.1) is 0 Å². The highest BCUT2D eigenvalue weighted by molar-refractivity contribution is 7.16. The first-order valence-electron chi connectivity index (χ1n) is 17.4. The van der Waals surface area contributed by atoms with Gasteiger partial charge in [0.1, 0.15) is 0 Å². The molecule has 0 amide bonds. The molecule has 3 heterocycles. The number of benzene rings is 6. The summed E-state index contributed by atoms with van der Waals surface area (Å²) < 4.78 is 2.39. The first kappa shape index (κ1) is 30.6. The van der Waals surface area contributed by atoms with Crippen molar-refractivity contribution in [3.8, 4) is 5.69 Å². The summed E-state index contributed by atoms with van der Waals surface area (Å²) in [6.07, 6.45) is 10.5. The van der Waals surface area contributed by atoms with Gasteiger partial charge >= 0.3 is 0 Å². The monoisotopic (exact) mass is 672 g/mol. The fraction of sp³-hybridized carbons (Fsp3) is 0.0217. The summed E-state index contributed by atoms with van der Waals surface area (Å²) in [5, 5.41) is 11.4. The van der Waals surface area contributed by atoms with Crippen LogP contribution in [0.3, 0.4) is 0 Å². The van der Waals surface area contributed by atoms with Crippen LogP contribution in [-0.4, -0.2) is 24.2 Å². The van der Waals surface area contributed by atoms with Crippen LogP contribution in [0.5, 0.6) is 0 Å². The molecule has 0 radical (unpaired) electrons. The molecular formula is C46H36N4Si. The predicted octanol–water partition coefficient (Wildman–Crippen LogP) is 8.70. The van der Waals surface area contributed by atoms with Crippen LogP contribution in [0.4, 0.5) is 17.1 Å². The van der Waals surface area contributed by atoms with Crippen LogP contribution in [0.25, 0.3) is 27.5 Å². The van der Waals surface area contributed by atoms with Crippen LogP contribution < -0.4 is 25.8 Å². The normalized spacial score (nSPS) is 13.8. The van der Waals surface area contributed by atoms with E-state index in [9.17, 15) is 0 Å². The molecule has 1 N–H and O–H groups in total. The maximum absolute atomic E-state index is 4.73. The summed E-state index contributed by atoms with van der Waals surface area (Å²) in [5.41, 5.74) is 6.93. The van der Waals surface area contributed by atoms with E-state index < -0.39 is 8.07 Å². The molecule has 4 nitrogen and oxygen atoms in total.